The van der Waals surface area contributed by atoms with Crippen molar-refractivity contribution in [3.63, 3.8) is 0 Å². The van der Waals surface area contributed by atoms with Crippen LogP contribution in [0.25, 0.3) is 10.2 Å². The normalized spacial score (nSPS) is 15.1. The van der Waals surface area contributed by atoms with Crippen LogP contribution in [0.15, 0.2) is 42.5 Å². The first-order chi connectivity index (χ1) is 13.1. The van der Waals surface area contributed by atoms with Crippen molar-refractivity contribution in [1.29, 1.82) is 0 Å². The van der Waals surface area contributed by atoms with Crippen LogP contribution in [-0.2, 0) is 0 Å². The molecule has 1 N–H and O–H groups in total. The monoisotopic (exact) mass is 381 g/mol. The summed E-state index contributed by atoms with van der Waals surface area (Å²) >= 11 is 1.59. The van der Waals surface area contributed by atoms with Crippen molar-refractivity contribution in [3.8, 4) is 5.19 Å². The van der Waals surface area contributed by atoms with Gasteiger partial charge < -0.3 is 15.0 Å². The van der Waals surface area contributed by atoms with Gasteiger partial charge in [-0.25, -0.2) is 9.78 Å². The molecule has 1 aromatic heterocycles. The Balaban J connectivity index is 1.33. The van der Waals surface area contributed by atoms with Crippen LogP contribution in [0.5, 0.6) is 5.19 Å². The number of urea groups is 1. The standard InChI is InChI=1S/C21H23N3O2S/c1-14-5-3-7-16(13-14)22-20(25)24-11-9-17(10-12-24)26-21-23-19-15(2)6-4-8-18(19)27-21/h3-8,13,17H,9-12H2,1-2H3,(H,22,25). The molecule has 2 heterocycles. The van der Waals surface area contributed by atoms with Crippen LogP contribution >= 0.6 is 11.3 Å². The fourth-order valence-corrected chi connectivity index (χ4v) is 4.32. The summed E-state index contributed by atoms with van der Waals surface area (Å²) in [5, 5.41) is 3.70. The molecule has 0 unspecified atom stereocenters. The van der Waals surface area contributed by atoms with Gasteiger partial charge in [-0.15, -0.1) is 0 Å². The van der Waals surface area contributed by atoms with Gasteiger partial charge in [0.05, 0.1) is 10.2 Å². The van der Waals surface area contributed by atoms with Crippen LogP contribution in [0.1, 0.15) is 24.0 Å². The van der Waals surface area contributed by atoms with E-state index >= 15 is 0 Å². The molecule has 3 aromatic rings. The highest BCUT2D eigenvalue weighted by Gasteiger charge is 2.25. The van der Waals surface area contributed by atoms with Crippen LogP contribution in [0.2, 0.25) is 0 Å². The SMILES string of the molecule is Cc1cccc(NC(=O)N2CCC(Oc3nc4c(C)cccc4s3)CC2)c1. The number of thiazole rings is 1. The quantitative estimate of drug-likeness (QED) is 0.695. The molecule has 0 radical (unpaired) electrons. The Morgan fingerprint density at radius 1 is 1.19 bits per heavy atom. The average molecular weight is 382 g/mol. The zero-order valence-electron chi connectivity index (χ0n) is 15.6. The van der Waals surface area contributed by atoms with E-state index in [2.05, 4.69) is 29.4 Å². The summed E-state index contributed by atoms with van der Waals surface area (Å²) in [4.78, 5) is 18.9. The number of nitrogens with one attached hydrogen (secondary N) is 1. The van der Waals surface area contributed by atoms with Crippen molar-refractivity contribution in [2.75, 3.05) is 18.4 Å². The van der Waals surface area contributed by atoms with Crippen LogP contribution in [-0.4, -0.2) is 35.1 Å². The second-order valence-corrected chi connectivity index (χ2v) is 8.00. The van der Waals surface area contributed by atoms with Gasteiger partial charge in [0.2, 0.25) is 0 Å². The van der Waals surface area contributed by atoms with E-state index in [9.17, 15) is 4.79 Å². The number of aromatic nitrogens is 1. The van der Waals surface area contributed by atoms with E-state index in [0.717, 1.165) is 39.5 Å². The van der Waals surface area contributed by atoms with Crippen LogP contribution in [0.4, 0.5) is 10.5 Å². The number of nitrogens with zero attached hydrogens (tertiary/aromatic N) is 2. The molecule has 2 amide bonds. The number of piperidine rings is 1. The van der Waals surface area contributed by atoms with E-state index < -0.39 is 0 Å². The average Bonchev–Trinajstić information content (AvgIpc) is 3.06. The molecule has 1 saturated heterocycles. The van der Waals surface area contributed by atoms with E-state index in [0.29, 0.717) is 13.1 Å². The molecular formula is C21H23N3O2S. The topological polar surface area (TPSA) is 54.5 Å². The molecule has 140 valence electrons. The smallest absolute Gasteiger partial charge is 0.321 e. The molecule has 0 saturated carbocycles. The molecule has 5 nitrogen and oxygen atoms in total. The fraction of sp³-hybridized carbons (Fsp3) is 0.333. The van der Waals surface area contributed by atoms with Gasteiger partial charge in [-0.2, -0.15) is 0 Å². The predicted molar refractivity (Wildman–Crippen MR) is 110 cm³/mol. The van der Waals surface area contributed by atoms with Crippen molar-refractivity contribution in [3.05, 3.63) is 53.6 Å². The summed E-state index contributed by atoms with van der Waals surface area (Å²) in [6, 6.07) is 14.0. The number of para-hydroxylation sites is 1. The Kier molecular flexibility index (Phi) is 4.99. The molecule has 0 spiro atoms. The number of amides is 2. The summed E-state index contributed by atoms with van der Waals surface area (Å²) in [6.07, 6.45) is 1.74. The number of aryl methyl sites for hydroxylation is 2. The fourth-order valence-electron chi connectivity index (χ4n) is 3.36. The van der Waals surface area contributed by atoms with Crippen molar-refractivity contribution < 1.29 is 9.53 Å². The Morgan fingerprint density at radius 3 is 2.70 bits per heavy atom. The molecule has 27 heavy (non-hydrogen) atoms. The van der Waals surface area contributed by atoms with E-state index in [1.807, 2.05) is 42.2 Å². The van der Waals surface area contributed by atoms with Crippen molar-refractivity contribution >= 4 is 33.3 Å². The van der Waals surface area contributed by atoms with E-state index in [-0.39, 0.29) is 12.1 Å². The third-order valence-corrected chi connectivity index (χ3v) is 5.78. The molecule has 1 aliphatic heterocycles. The van der Waals surface area contributed by atoms with Crippen LogP contribution in [0.3, 0.4) is 0 Å². The third kappa shape index (κ3) is 4.06. The van der Waals surface area contributed by atoms with Gasteiger partial charge in [0.15, 0.2) is 0 Å². The molecular weight excluding hydrogens is 358 g/mol. The molecule has 2 aromatic carbocycles. The highest BCUT2D eigenvalue weighted by Crippen LogP contribution is 2.31. The van der Waals surface area contributed by atoms with E-state index in [1.54, 1.807) is 11.3 Å². The molecule has 1 aliphatic rings. The first-order valence-electron chi connectivity index (χ1n) is 9.24. The third-order valence-electron chi connectivity index (χ3n) is 4.87. The Hall–Kier alpha value is -2.60. The highest BCUT2D eigenvalue weighted by molar-refractivity contribution is 7.20. The maximum atomic E-state index is 12.5. The minimum absolute atomic E-state index is 0.0466. The molecule has 6 heteroatoms. The first-order valence-corrected chi connectivity index (χ1v) is 10.1. The van der Waals surface area contributed by atoms with Crippen molar-refractivity contribution in [2.45, 2.75) is 32.8 Å². The highest BCUT2D eigenvalue weighted by atomic mass is 32.1. The Labute approximate surface area is 163 Å². The summed E-state index contributed by atoms with van der Waals surface area (Å²) in [6.45, 7) is 5.46. The summed E-state index contributed by atoms with van der Waals surface area (Å²) in [5.41, 5.74) is 4.16. The minimum atomic E-state index is -0.0466. The molecule has 0 bridgehead atoms. The number of fused-ring (bicyclic) bond motifs is 1. The number of hydrogen-bond donors (Lipinski definition) is 1. The van der Waals surface area contributed by atoms with Gasteiger partial charge in [-0.05, 0) is 43.2 Å². The largest absolute Gasteiger partial charge is 0.467 e. The summed E-state index contributed by atoms with van der Waals surface area (Å²) in [7, 11) is 0. The van der Waals surface area contributed by atoms with Gasteiger partial charge in [-0.3, -0.25) is 0 Å². The zero-order chi connectivity index (χ0) is 18.8. The molecule has 1 fully saturated rings. The van der Waals surface area contributed by atoms with Crippen LogP contribution < -0.4 is 10.1 Å². The number of likely N-dealkylation sites (tertiary alicyclic amines) is 1. The number of anilines is 1. The lowest BCUT2D eigenvalue weighted by atomic mass is 10.1. The lowest BCUT2D eigenvalue weighted by Crippen LogP contribution is -2.43. The van der Waals surface area contributed by atoms with Gasteiger partial charge in [0, 0.05) is 31.6 Å². The first kappa shape index (κ1) is 17.8. The maximum Gasteiger partial charge on any atom is 0.321 e. The van der Waals surface area contributed by atoms with Crippen LogP contribution in [0, 0.1) is 13.8 Å². The van der Waals surface area contributed by atoms with Gasteiger partial charge in [0.1, 0.15) is 6.10 Å². The maximum absolute atomic E-state index is 12.5. The Bertz CT molecular complexity index is 961. The molecule has 0 aliphatic carbocycles. The number of carbonyl (C=O) groups is 1. The number of carbonyl (C=O) groups excluding carboxylic acids is 1. The zero-order valence-corrected chi connectivity index (χ0v) is 16.4. The number of ether oxygens (including phenoxy) is 1. The lowest BCUT2D eigenvalue weighted by molar-refractivity contribution is 0.115. The molecule has 0 atom stereocenters. The lowest BCUT2D eigenvalue weighted by Gasteiger charge is -2.31. The summed E-state index contributed by atoms with van der Waals surface area (Å²) < 4.78 is 7.26. The van der Waals surface area contributed by atoms with Gasteiger partial charge in [0.25, 0.3) is 5.19 Å². The Morgan fingerprint density at radius 2 is 1.96 bits per heavy atom. The van der Waals surface area contributed by atoms with Gasteiger partial charge in [-0.1, -0.05) is 35.6 Å². The minimum Gasteiger partial charge on any atom is -0.467 e. The predicted octanol–water partition coefficient (Wildman–Crippen LogP) is 4.99. The van der Waals surface area contributed by atoms with Crippen molar-refractivity contribution in [1.82, 2.24) is 9.88 Å². The molecule has 4 rings (SSSR count). The second-order valence-electron chi connectivity index (χ2n) is 7.01. The number of rotatable bonds is 3. The van der Waals surface area contributed by atoms with E-state index in [1.165, 1.54) is 5.56 Å². The number of hydrogen-bond acceptors (Lipinski definition) is 4. The second kappa shape index (κ2) is 7.56. The summed E-state index contributed by atoms with van der Waals surface area (Å²) in [5.74, 6) is 0. The van der Waals surface area contributed by atoms with Crippen molar-refractivity contribution in [2.24, 2.45) is 0 Å². The number of benzene rings is 2. The van der Waals surface area contributed by atoms with Gasteiger partial charge >= 0.3 is 6.03 Å². The van der Waals surface area contributed by atoms with E-state index in [4.69, 9.17) is 4.74 Å².